The van der Waals surface area contributed by atoms with Crippen LogP contribution >= 0.6 is 0 Å². The van der Waals surface area contributed by atoms with E-state index in [1.165, 1.54) is 12.1 Å². The molecule has 0 fully saturated rings. The summed E-state index contributed by atoms with van der Waals surface area (Å²) in [5.74, 6) is -4.46. The van der Waals surface area contributed by atoms with E-state index in [2.05, 4.69) is 0 Å². The van der Waals surface area contributed by atoms with Gasteiger partial charge in [-0.1, -0.05) is 30.3 Å². The van der Waals surface area contributed by atoms with Crippen molar-refractivity contribution in [2.24, 2.45) is 0 Å². The molecule has 0 saturated heterocycles. The van der Waals surface area contributed by atoms with Gasteiger partial charge in [-0.2, -0.15) is 8.78 Å². The Hall–Kier alpha value is -1.51. The molecule has 0 N–H and O–H groups in total. The molecule has 1 aliphatic rings. The van der Waals surface area contributed by atoms with Crippen molar-refractivity contribution in [3.8, 4) is 0 Å². The van der Waals surface area contributed by atoms with E-state index in [9.17, 15) is 13.6 Å². The zero-order chi connectivity index (χ0) is 9.47. The number of Topliss-reactive ketones (excluding diaryl/α,β-unsaturated/α-hetero) is 1. The summed E-state index contributed by atoms with van der Waals surface area (Å²) < 4.78 is 25.7. The van der Waals surface area contributed by atoms with Crippen LogP contribution in [-0.4, -0.2) is 11.7 Å². The van der Waals surface area contributed by atoms with Gasteiger partial charge in [0.25, 0.3) is 0 Å². The van der Waals surface area contributed by atoms with Crippen molar-refractivity contribution in [1.82, 2.24) is 0 Å². The summed E-state index contributed by atoms with van der Waals surface area (Å²) in [5.41, 5.74) is 0.647. The molecule has 0 bridgehead atoms. The Morgan fingerprint density at radius 1 is 1.15 bits per heavy atom. The molecular formula is C10H6F2O. The Balaban J connectivity index is 2.62. The van der Waals surface area contributed by atoms with Gasteiger partial charge in [-0.05, 0) is 11.6 Å². The topological polar surface area (TPSA) is 17.1 Å². The van der Waals surface area contributed by atoms with Crippen molar-refractivity contribution in [2.45, 2.75) is 5.92 Å². The molecule has 0 amide bonds. The maximum Gasteiger partial charge on any atom is 0.328 e. The molecule has 2 rings (SSSR count). The minimum Gasteiger partial charge on any atom is -0.287 e. The highest BCUT2D eigenvalue weighted by atomic mass is 19.3. The van der Waals surface area contributed by atoms with E-state index in [0.29, 0.717) is 11.6 Å². The highest BCUT2D eigenvalue weighted by Crippen LogP contribution is 2.29. The van der Waals surface area contributed by atoms with Gasteiger partial charge in [-0.3, -0.25) is 4.79 Å². The van der Waals surface area contributed by atoms with Crippen molar-refractivity contribution < 1.29 is 13.6 Å². The lowest BCUT2D eigenvalue weighted by atomic mass is 9.94. The van der Waals surface area contributed by atoms with E-state index < -0.39 is 11.7 Å². The SMILES string of the molecule is O=C1c2ccccc2C=CC1(F)F. The molecule has 0 radical (unpaired) electrons. The lowest BCUT2D eigenvalue weighted by molar-refractivity contribution is 0.0379. The van der Waals surface area contributed by atoms with E-state index >= 15 is 0 Å². The summed E-state index contributed by atoms with van der Waals surface area (Å²) in [6.45, 7) is 0. The fourth-order valence-electron chi connectivity index (χ4n) is 1.30. The van der Waals surface area contributed by atoms with E-state index in [0.717, 1.165) is 0 Å². The molecule has 66 valence electrons. The van der Waals surface area contributed by atoms with Gasteiger partial charge in [0.15, 0.2) is 0 Å². The molecule has 0 atom stereocenters. The molecule has 1 nitrogen and oxygen atoms in total. The Morgan fingerprint density at radius 2 is 1.85 bits per heavy atom. The first-order valence-corrected chi connectivity index (χ1v) is 3.82. The van der Waals surface area contributed by atoms with Crippen LogP contribution in [0.15, 0.2) is 30.3 Å². The van der Waals surface area contributed by atoms with E-state index in [-0.39, 0.29) is 5.56 Å². The number of allylic oxidation sites excluding steroid dienone is 1. The molecule has 1 aromatic rings. The molecule has 3 heteroatoms. The molecule has 0 saturated carbocycles. The number of hydrogen-bond acceptors (Lipinski definition) is 1. The van der Waals surface area contributed by atoms with Crippen LogP contribution < -0.4 is 0 Å². The maximum absolute atomic E-state index is 12.8. The Kier molecular flexibility index (Phi) is 1.55. The first-order valence-electron chi connectivity index (χ1n) is 3.82. The molecule has 0 unspecified atom stereocenters. The summed E-state index contributed by atoms with van der Waals surface area (Å²) in [5, 5.41) is 0. The molecule has 1 aliphatic carbocycles. The summed E-state index contributed by atoms with van der Waals surface area (Å²) in [6, 6.07) is 6.33. The number of ketones is 1. The van der Waals surface area contributed by atoms with Gasteiger partial charge in [0.05, 0.1) is 0 Å². The van der Waals surface area contributed by atoms with Gasteiger partial charge in [0.1, 0.15) is 0 Å². The first-order chi connectivity index (χ1) is 6.11. The average molecular weight is 180 g/mol. The van der Waals surface area contributed by atoms with Crippen LogP contribution in [0.2, 0.25) is 0 Å². The van der Waals surface area contributed by atoms with Gasteiger partial charge < -0.3 is 0 Å². The normalized spacial score (nSPS) is 18.5. The zero-order valence-corrected chi connectivity index (χ0v) is 6.63. The third-order valence-electron chi connectivity index (χ3n) is 1.98. The van der Waals surface area contributed by atoms with E-state index in [1.807, 2.05) is 0 Å². The highest BCUT2D eigenvalue weighted by molar-refractivity contribution is 6.07. The van der Waals surface area contributed by atoms with Crippen molar-refractivity contribution in [2.75, 3.05) is 0 Å². The van der Waals surface area contributed by atoms with Gasteiger partial charge in [-0.15, -0.1) is 0 Å². The standard InChI is InChI=1S/C10H6F2O/c11-10(12)6-5-7-3-1-2-4-8(7)9(10)13/h1-6H. The molecule has 1 aromatic carbocycles. The molecular weight excluding hydrogens is 174 g/mol. The van der Waals surface area contributed by atoms with E-state index in [1.54, 1.807) is 18.2 Å². The second-order valence-electron chi connectivity index (χ2n) is 2.87. The Morgan fingerprint density at radius 3 is 2.62 bits per heavy atom. The predicted octanol–water partition coefficient (Wildman–Crippen LogP) is 2.53. The summed E-state index contributed by atoms with van der Waals surface area (Å²) in [7, 11) is 0. The fourth-order valence-corrected chi connectivity index (χ4v) is 1.30. The van der Waals surface area contributed by atoms with Crippen LogP contribution in [0, 0.1) is 0 Å². The van der Waals surface area contributed by atoms with Gasteiger partial charge in [0, 0.05) is 5.56 Å². The smallest absolute Gasteiger partial charge is 0.287 e. The average Bonchev–Trinajstić information content (AvgIpc) is 2.13. The van der Waals surface area contributed by atoms with Crippen molar-refractivity contribution in [3.05, 3.63) is 41.5 Å². The minimum atomic E-state index is -3.34. The number of carbonyl (C=O) groups excluding carboxylic acids is 1. The summed E-state index contributed by atoms with van der Waals surface area (Å²) >= 11 is 0. The molecule has 0 heterocycles. The molecule has 0 spiro atoms. The lowest BCUT2D eigenvalue weighted by Crippen LogP contribution is -2.29. The van der Waals surface area contributed by atoms with E-state index in [4.69, 9.17) is 0 Å². The van der Waals surface area contributed by atoms with Crippen molar-refractivity contribution in [1.29, 1.82) is 0 Å². The number of fused-ring (bicyclic) bond motifs is 1. The number of alkyl halides is 2. The number of hydrogen-bond donors (Lipinski definition) is 0. The Labute approximate surface area is 73.7 Å². The number of halogens is 2. The molecule has 0 aliphatic heterocycles. The van der Waals surface area contributed by atoms with Crippen LogP contribution in [0.1, 0.15) is 15.9 Å². The zero-order valence-electron chi connectivity index (χ0n) is 6.63. The second-order valence-corrected chi connectivity index (χ2v) is 2.87. The van der Waals surface area contributed by atoms with Crippen molar-refractivity contribution >= 4 is 11.9 Å². The predicted molar refractivity (Wildman–Crippen MR) is 44.8 cm³/mol. The molecule has 13 heavy (non-hydrogen) atoms. The van der Waals surface area contributed by atoms with Crippen LogP contribution in [0.5, 0.6) is 0 Å². The quantitative estimate of drug-likeness (QED) is 0.599. The number of carbonyl (C=O) groups is 1. The maximum atomic E-state index is 12.8. The van der Waals surface area contributed by atoms with Crippen LogP contribution in [-0.2, 0) is 0 Å². The Bertz CT molecular complexity index is 394. The third-order valence-corrected chi connectivity index (χ3v) is 1.98. The first kappa shape index (κ1) is 8.10. The fraction of sp³-hybridized carbons (Fsp3) is 0.100. The van der Waals surface area contributed by atoms with Crippen LogP contribution in [0.4, 0.5) is 8.78 Å². The van der Waals surface area contributed by atoms with Crippen LogP contribution in [0.3, 0.4) is 0 Å². The highest BCUT2D eigenvalue weighted by Gasteiger charge is 2.39. The number of rotatable bonds is 0. The van der Waals surface area contributed by atoms with Crippen molar-refractivity contribution in [3.63, 3.8) is 0 Å². The number of benzene rings is 1. The van der Waals surface area contributed by atoms with Gasteiger partial charge >= 0.3 is 5.92 Å². The summed E-state index contributed by atoms with van der Waals surface area (Å²) in [4.78, 5) is 11.1. The van der Waals surface area contributed by atoms with Crippen LogP contribution in [0.25, 0.3) is 6.08 Å². The summed E-state index contributed by atoms with van der Waals surface area (Å²) in [6.07, 6.45) is 1.91. The van der Waals surface area contributed by atoms with Gasteiger partial charge in [0.2, 0.25) is 5.78 Å². The van der Waals surface area contributed by atoms with Gasteiger partial charge in [-0.25, -0.2) is 0 Å². The monoisotopic (exact) mass is 180 g/mol. The second kappa shape index (κ2) is 2.49. The molecule has 0 aromatic heterocycles. The lowest BCUT2D eigenvalue weighted by Gasteiger charge is -2.16. The largest absolute Gasteiger partial charge is 0.328 e. The minimum absolute atomic E-state index is 0.0926. The third kappa shape index (κ3) is 1.16.